The van der Waals surface area contributed by atoms with Gasteiger partial charge in [-0.1, -0.05) is 18.2 Å². The molecule has 1 aromatic carbocycles. The predicted octanol–water partition coefficient (Wildman–Crippen LogP) is 2.44. The number of para-hydroxylation sites is 1. The highest BCUT2D eigenvalue weighted by atomic mass is 32.2. The predicted molar refractivity (Wildman–Crippen MR) is 106 cm³/mol. The van der Waals surface area contributed by atoms with Gasteiger partial charge in [0, 0.05) is 25.2 Å². The molecule has 7 nitrogen and oxygen atoms in total. The Kier molecular flexibility index (Phi) is 5.05. The Morgan fingerprint density at radius 1 is 1.14 bits per heavy atom. The normalized spacial score (nSPS) is 15.8. The molecular formula is C19H18N2O5S2. The van der Waals surface area contributed by atoms with Crippen LogP contribution in [0, 0.1) is 0 Å². The van der Waals surface area contributed by atoms with Crippen molar-refractivity contribution in [3.05, 3.63) is 63.8 Å². The summed E-state index contributed by atoms with van der Waals surface area (Å²) in [7, 11) is -3.53. The van der Waals surface area contributed by atoms with Crippen molar-refractivity contribution in [1.82, 2.24) is 9.62 Å². The van der Waals surface area contributed by atoms with E-state index in [2.05, 4.69) is 4.72 Å². The third-order valence-corrected chi connectivity index (χ3v) is 7.63. The number of rotatable bonds is 4. The molecule has 1 amide bonds. The highest BCUT2D eigenvalue weighted by Gasteiger charge is 2.28. The first-order valence-corrected chi connectivity index (χ1v) is 11.2. The Balaban J connectivity index is 1.44. The van der Waals surface area contributed by atoms with Gasteiger partial charge in [-0.2, -0.15) is 0 Å². The van der Waals surface area contributed by atoms with Crippen LogP contribution in [0.25, 0.3) is 11.0 Å². The maximum absolute atomic E-state index is 12.7. The summed E-state index contributed by atoms with van der Waals surface area (Å²) in [5.41, 5.74) is 0.112. The Morgan fingerprint density at radius 2 is 1.89 bits per heavy atom. The molecule has 0 aliphatic carbocycles. The summed E-state index contributed by atoms with van der Waals surface area (Å²) in [4.78, 5) is 26.5. The fourth-order valence-electron chi connectivity index (χ4n) is 3.26. The van der Waals surface area contributed by atoms with Crippen molar-refractivity contribution >= 4 is 38.2 Å². The van der Waals surface area contributed by atoms with Crippen molar-refractivity contribution in [3.63, 3.8) is 0 Å². The number of thiophene rings is 1. The fraction of sp³-hybridized carbons (Fsp3) is 0.263. The molecule has 0 atom stereocenters. The molecule has 0 bridgehead atoms. The maximum Gasteiger partial charge on any atom is 0.289 e. The van der Waals surface area contributed by atoms with Gasteiger partial charge in [0.2, 0.25) is 10.0 Å². The van der Waals surface area contributed by atoms with Crippen LogP contribution in [-0.4, -0.2) is 38.4 Å². The number of hydrogen-bond acceptors (Lipinski definition) is 6. The minimum atomic E-state index is -3.53. The molecule has 0 radical (unpaired) electrons. The number of sulfonamides is 1. The largest absolute Gasteiger partial charge is 0.451 e. The zero-order valence-electron chi connectivity index (χ0n) is 14.8. The van der Waals surface area contributed by atoms with E-state index in [4.69, 9.17) is 4.42 Å². The van der Waals surface area contributed by atoms with Crippen LogP contribution in [0.2, 0.25) is 0 Å². The molecule has 146 valence electrons. The van der Waals surface area contributed by atoms with Crippen LogP contribution in [-0.2, 0) is 10.0 Å². The lowest BCUT2D eigenvalue weighted by Gasteiger charge is -2.31. The molecule has 1 aliphatic heterocycles. The minimum Gasteiger partial charge on any atom is -0.451 e. The van der Waals surface area contributed by atoms with Crippen molar-refractivity contribution in [2.75, 3.05) is 13.1 Å². The van der Waals surface area contributed by atoms with E-state index < -0.39 is 10.0 Å². The Morgan fingerprint density at radius 3 is 2.61 bits per heavy atom. The number of likely N-dealkylation sites (tertiary alicyclic amines) is 1. The van der Waals surface area contributed by atoms with E-state index in [1.165, 1.54) is 17.4 Å². The third kappa shape index (κ3) is 3.73. The lowest BCUT2D eigenvalue weighted by Crippen LogP contribution is -2.46. The summed E-state index contributed by atoms with van der Waals surface area (Å²) in [6.07, 6.45) is 0.988. The standard InChI is InChI=1S/C19H18N2O5S2/c22-15-12-17(26-16-5-2-1-4-14(15)16)19(23)21-9-7-13(8-10-21)20-28(24,25)18-6-3-11-27-18/h1-6,11-13,20H,7-10H2. The van der Waals surface area contributed by atoms with E-state index in [-0.39, 0.29) is 27.3 Å². The van der Waals surface area contributed by atoms with E-state index in [0.717, 1.165) is 0 Å². The number of nitrogens with zero attached hydrogens (tertiary/aromatic N) is 1. The van der Waals surface area contributed by atoms with Gasteiger partial charge in [-0.05, 0) is 36.4 Å². The lowest BCUT2D eigenvalue weighted by atomic mass is 10.1. The molecule has 28 heavy (non-hydrogen) atoms. The highest BCUT2D eigenvalue weighted by molar-refractivity contribution is 7.91. The summed E-state index contributed by atoms with van der Waals surface area (Å²) in [6, 6.07) is 11.0. The Labute approximate surface area is 165 Å². The van der Waals surface area contributed by atoms with E-state index in [1.807, 2.05) is 0 Å². The number of benzene rings is 1. The van der Waals surface area contributed by atoms with Gasteiger partial charge in [0.15, 0.2) is 11.2 Å². The number of carbonyl (C=O) groups is 1. The molecule has 3 heterocycles. The Bertz CT molecular complexity index is 1160. The maximum atomic E-state index is 12.7. The number of fused-ring (bicyclic) bond motifs is 1. The molecule has 0 saturated carbocycles. The van der Waals surface area contributed by atoms with Crippen LogP contribution in [0.5, 0.6) is 0 Å². The number of piperidine rings is 1. The molecule has 1 fully saturated rings. The first kappa shape index (κ1) is 18.9. The fourth-order valence-corrected chi connectivity index (χ4v) is 5.57. The molecule has 1 N–H and O–H groups in total. The van der Waals surface area contributed by atoms with Gasteiger partial charge in [0.25, 0.3) is 5.91 Å². The first-order valence-electron chi connectivity index (χ1n) is 8.82. The van der Waals surface area contributed by atoms with Gasteiger partial charge in [0.05, 0.1) is 5.39 Å². The summed E-state index contributed by atoms with van der Waals surface area (Å²) in [5, 5.41) is 2.15. The molecule has 2 aromatic heterocycles. The van der Waals surface area contributed by atoms with Crippen molar-refractivity contribution in [2.24, 2.45) is 0 Å². The van der Waals surface area contributed by atoms with Crippen LogP contribution in [0.4, 0.5) is 0 Å². The minimum absolute atomic E-state index is 0.00122. The van der Waals surface area contributed by atoms with Crippen molar-refractivity contribution in [1.29, 1.82) is 0 Å². The van der Waals surface area contributed by atoms with E-state index >= 15 is 0 Å². The average molecular weight is 418 g/mol. The van der Waals surface area contributed by atoms with Gasteiger partial charge in [-0.3, -0.25) is 9.59 Å². The molecule has 4 rings (SSSR count). The quantitative estimate of drug-likeness (QED) is 0.702. The van der Waals surface area contributed by atoms with Crippen LogP contribution in [0.3, 0.4) is 0 Å². The van der Waals surface area contributed by atoms with Gasteiger partial charge >= 0.3 is 0 Å². The van der Waals surface area contributed by atoms with Crippen LogP contribution < -0.4 is 10.2 Å². The average Bonchev–Trinajstić information content (AvgIpc) is 3.24. The Hall–Kier alpha value is -2.49. The monoisotopic (exact) mass is 418 g/mol. The summed E-state index contributed by atoms with van der Waals surface area (Å²) in [6.45, 7) is 0.764. The second-order valence-electron chi connectivity index (χ2n) is 6.59. The number of amides is 1. The zero-order valence-corrected chi connectivity index (χ0v) is 16.5. The van der Waals surface area contributed by atoms with Crippen molar-refractivity contribution in [2.45, 2.75) is 23.1 Å². The molecule has 0 spiro atoms. The molecule has 0 unspecified atom stereocenters. The molecule has 3 aromatic rings. The van der Waals surface area contributed by atoms with Gasteiger partial charge in [-0.15, -0.1) is 11.3 Å². The van der Waals surface area contributed by atoms with Crippen LogP contribution in [0.15, 0.2) is 61.3 Å². The molecular weight excluding hydrogens is 400 g/mol. The summed E-state index contributed by atoms with van der Waals surface area (Å²) in [5.74, 6) is -0.358. The highest BCUT2D eigenvalue weighted by Crippen LogP contribution is 2.20. The molecule has 1 saturated heterocycles. The SMILES string of the molecule is O=C(c1cc(=O)c2ccccc2o1)N1CCC(NS(=O)(=O)c2cccs2)CC1. The van der Waals surface area contributed by atoms with E-state index in [1.54, 1.807) is 46.7 Å². The van der Waals surface area contributed by atoms with Crippen LogP contribution in [0.1, 0.15) is 23.4 Å². The van der Waals surface area contributed by atoms with E-state index in [9.17, 15) is 18.0 Å². The van der Waals surface area contributed by atoms with Crippen molar-refractivity contribution < 1.29 is 17.6 Å². The van der Waals surface area contributed by atoms with E-state index in [0.29, 0.717) is 36.9 Å². The number of hydrogen-bond donors (Lipinski definition) is 1. The second kappa shape index (κ2) is 7.50. The smallest absolute Gasteiger partial charge is 0.289 e. The van der Waals surface area contributed by atoms with Gasteiger partial charge in [0.1, 0.15) is 9.79 Å². The van der Waals surface area contributed by atoms with Crippen molar-refractivity contribution in [3.8, 4) is 0 Å². The molecule has 1 aliphatic rings. The summed E-state index contributed by atoms with van der Waals surface area (Å²) >= 11 is 1.17. The number of carbonyl (C=O) groups excluding carboxylic acids is 1. The second-order valence-corrected chi connectivity index (χ2v) is 9.48. The topological polar surface area (TPSA) is 96.7 Å². The molecule has 9 heteroatoms. The van der Waals surface area contributed by atoms with Gasteiger partial charge < -0.3 is 9.32 Å². The zero-order chi connectivity index (χ0) is 19.7. The van der Waals surface area contributed by atoms with Gasteiger partial charge in [-0.25, -0.2) is 13.1 Å². The first-order chi connectivity index (χ1) is 13.4. The number of nitrogens with one attached hydrogen (secondary N) is 1. The lowest BCUT2D eigenvalue weighted by molar-refractivity contribution is 0.0679. The summed E-state index contributed by atoms with van der Waals surface area (Å²) < 4.78 is 33.3. The third-order valence-electron chi connectivity index (χ3n) is 4.71. The van der Waals surface area contributed by atoms with Crippen LogP contribution >= 0.6 is 11.3 Å².